The Morgan fingerprint density at radius 1 is 1.42 bits per heavy atom. The molecule has 124 valence electrons. The van der Waals surface area contributed by atoms with Crippen LogP contribution in [-0.2, 0) is 0 Å². The van der Waals surface area contributed by atoms with Gasteiger partial charge < -0.3 is 14.4 Å². The number of nitriles is 1. The fourth-order valence-corrected chi connectivity index (χ4v) is 3.01. The van der Waals surface area contributed by atoms with Crippen molar-refractivity contribution in [2.75, 3.05) is 6.54 Å². The molecule has 24 heavy (non-hydrogen) atoms. The summed E-state index contributed by atoms with van der Waals surface area (Å²) in [6.07, 6.45) is -0.738. The summed E-state index contributed by atoms with van der Waals surface area (Å²) in [5.41, 5.74) is 0.184. The lowest BCUT2D eigenvalue weighted by Crippen LogP contribution is -2.32. The predicted molar refractivity (Wildman–Crippen MR) is 78.9 cm³/mol. The van der Waals surface area contributed by atoms with E-state index < -0.39 is 29.7 Å². The molecule has 7 heteroatoms. The first-order chi connectivity index (χ1) is 11.4. The van der Waals surface area contributed by atoms with Gasteiger partial charge in [0.05, 0.1) is 17.7 Å². The Bertz CT molecular complexity index is 841. The molecular formula is C17H14F2N2O3. The van der Waals surface area contributed by atoms with Crippen LogP contribution in [0.2, 0.25) is 0 Å². The molecule has 2 aromatic rings. The first-order valence-electron chi connectivity index (χ1n) is 7.35. The highest BCUT2D eigenvalue weighted by Crippen LogP contribution is 2.35. The molecule has 0 bridgehead atoms. The molecule has 3 rings (SSSR count). The first-order valence-corrected chi connectivity index (χ1v) is 7.35. The number of carbonyl (C=O) groups excluding carboxylic acids is 1. The summed E-state index contributed by atoms with van der Waals surface area (Å²) >= 11 is 0. The number of aryl methyl sites for hydroxylation is 1. The summed E-state index contributed by atoms with van der Waals surface area (Å²) in [6, 6.07) is 5.34. The average Bonchev–Trinajstić information content (AvgIpc) is 3.12. The number of hydrogen-bond acceptors (Lipinski definition) is 4. The van der Waals surface area contributed by atoms with Crippen molar-refractivity contribution in [3.05, 3.63) is 58.5 Å². The summed E-state index contributed by atoms with van der Waals surface area (Å²) < 4.78 is 32.7. The minimum absolute atomic E-state index is 0.00798. The Hall–Kier alpha value is -2.72. The molecule has 0 saturated carbocycles. The predicted octanol–water partition coefficient (Wildman–Crippen LogP) is 2.69. The maximum Gasteiger partial charge on any atom is 0.258 e. The first kappa shape index (κ1) is 16.1. The van der Waals surface area contributed by atoms with Gasteiger partial charge in [-0.25, -0.2) is 8.78 Å². The molecule has 1 aromatic heterocycles. The standard InChI is InChI=1S/C17H14F2N2O3/c1-9-13(6-12(7-20)24-9)17(23)21-8-11(22)5-16(21)14-4-10(18)2-3-15(14)19/h2-4,6,11,16,22H,5,8H2,1H3/t11-,16+/m1/s1. The van der Waals surface area contributed by atoms with Crippen molar-refractivity contribution < 1.29 is 23.1 Å². The molecule has 1 aliphatic rings. The maximum absolute atomic E-state index is 14.1. The molecule has 1 aromatic carbocycles. The number of aliphatic hydroxyl groups excluding tert-OH is 1. The van der Waals surface area contributed by atoms with Crippen LogP contribution in [0.15, 0.2) is 28.7 Å². The smallest absolute Gasteiger partial charge is 0.258 e. The fourth-order valence-electron chi connectivity index (χ4n) is 3.01. The van der Waals surface area contributed by atoms with Crippen LogP contribution < -0.4 is 0 Å². The SMILES string of the molecule is Cc1oc(C#N)cc1C(=O)N1C[C@H](O)C[C@H]1c1cc(F)ccc1F. The van der Waals surface area contributed by atoms with Crippen LogP contribution in [0.3, 0.4) is 0 Å². The van der Waals surface area contributed by atoms with Gasteiger partial charge in [-0.1, -0.05) is 0 Å². The number of aliphatic hydroxyl groups is 1. The van der Waals surface area contributed by atoms with E-state index in [9.17, 15) is 18.7 Å². The van der Waals surface area contributed by atoms with Crippen molar-refractivity contribution in [2.45, 2.75) is 25.5 Å². The fraction of sp³-hybridized carbons (Fsp3) is 0.294. The lowest BCUT2D eigenvalue weighted by atomic mass is 10.0. The molecule has 0 radical (unpaired) electrons. The maximum atomic E-state index is 14.1. The average molecular weight is 332 g/mol. The van der Waals surface area contributed by atoms with Crippen molar-refractivity contribution >= 4 is 5.91 Å². The molecule has 1 amide bonds. The van der Waals surface area contributed by atoms with Gasteiger partial charge in [-0.05, 0) is 31.5 Å². The number of hydrogen-bond donors (Lipinski definition) is 1. The van der Waals surface area contributed by atoms with E-state index in [0.717, 1.165) is 18.2 Å². The van der Waals surface area contributed by atoms with E-state index in [1.165, 1.54) is 11.0 Å². The quantitative estimate of drug-likeness (QED) is 0.917. The Morgan fingerprint density at radius 2 is 2.17 bits per heavy atom. The summed E-state index contributed by atoms with van der Waals surface area (Å²) in [4.78, 5) is 14.0. The van der Waals surface area contributed by atoms with Gasteiger partial charge in [0, 0.05) is 18.2 Å². The zero-order valence-electron chi connectivity index (χ0n) is 12.8. The summed E-state index contributed by atoms with van der Waals surface area (Å²) in [7, 11) is 0. The third kappa shape index (κ3) is 2.76. The van der Waals surface area contributed by atoms with Gasteiger partial charge in [0.1, 0.15) is 23.5 Å². The minimum atomic E-state index is -0.843. The molecule has 0 spiro atoms. The molecule has 1 saturated heterocycles. The normalized spacial score (nSPS) is 20.2. The summed E-state index contributed by atoms with van der Waals surface area (Å²) in [5, 5.41) is 18.8. The van der Waals surface area contributed by atoms with Crippen LogP contribution in [0.4, 0.5) is 8.78 Å². The highest BCUT2D eigenvalue weighted by Gasteiger charge is 2.38. The highest BCUT2D eigenvalue weighted by atomic mass is 19.1. The van der Waals surface area contributed by atoms with Crippen LogP contribution in [0.25, 0.3) is 0 Å². The van der Waals surface area contributed by atoms with Gasteiger partial charge in [-0.3, -0.25) is 4.79 Å². The van der Waals surface area contributed by atoms with Crippen molar-refractivity contribution in [2.24, 2.45) is 0 Å². The summed E-state index contributed by atoms with van der Waals surface area (Å²) in [6.45, 7) is 1.53. The van der Waals surface area contributed by atoms with Crippen LogP contribution in [0.5, 0.6) is 0 Å². The third-order valence-electron chi connectivity index (χ3n) is 4.12. The molecule has 2 atom stereocenters. The number of rotatable bonds is 2. The number of likely N-dealkylation sites (tertiary alicyclic amines) is 1. The number of furan rings is 1. The molecule has 5 nitrogen and oxygen atoms in total. The lowest BCUT2D eigenvalue weighted by Gasteiger charge is -2.25. The van der Waals surface area contributed by atoms with E-state index in [4.69, 9.17) is 9.68 Å². The number of carbonyl (C=O) groups is 1. The zero-order valence-corrected chi connectivity index (χ0v) is 12.8. The molecule has 1 fully saturated rings. The second-order valence-electron chi connectivity index (χ2n) is 5.72. The molecular weight excluding hydrogens is 318 g/mol. The van der Waals surface area contributed by atoms with Crippen molar-refractivity contribution in [1.82, 2.24) is 4.90 Å². The van der Waals surface area contributed by atoms with Crippen LogP contribution >= 0.6 is 0 Å². The molecule has 2 heterocycles. The van der Waals surface area contributed by atoms with Crippen molar-refractivity contribution in [1.29, 1.82) is 5.26 Å². The van der Waals surface area contributed by atoms with E-state index in [1.807, 2.05) is 0 Å². The Kier molecular flexibility index (Phi) is 4.08. The third-order valence-corrected chi connectivity index (χ3v) is 4.12. The minimum Gasteiger partial charge on any atom is -0.450 e. The summed E-state index contributed by atoms with van der Waals surface area (Å²) in [5.74, 6) is -1.51. The second kappa shape index (κ2) is 6.06. The molecule has 0 aliphatic carbocycles. The van der Waals surface area contributed by atoms with Gasteiger partial charge in [0.25, 0.3) is 5.91 Å². The van der Waals surface area contributed by atoms with Crippen molar-refractivity contribution in [3.8, 4) is 6.07 Å². The van der Waals surface area contributed by atoms with Crippen LogP contribution in [0, 0.1) is 29.9 Å². The number of benzene rings is 1. The highest BCUT2D eigenvalue weighted by molar-refractivity contribution is 5.96. The largest absolute Gasteiger partial charge is 0.450 e. The van der Waals surface area contributed by atoms with E-state index >= 15 is 0 Å². The molecule has 0 unspecified atom stereocenters. The Labute approximate surface area is 136 Å². The van der Waals surface area contributed by atoms with Crippen LogP contribution in [0.1, 0.15) is 39.9 Å². The Balaban J connectivity index is 1.99. The van der Waals surface area contributed by atoms with E-state index in [1.54, 1.807) is 13.0 Å². The van der Waals surface area contributed by atoms with Gasteiger partial charge in [-0.2, -0.15) is 5.26 Å². The van der Waals surface area contributed by atoms with Crippen LogP contribution in [-0.4, -0.2) is 28.6 Å². The van der Waals surface area contributed by atoms with E-state index in [2.05, 4.69) is 0 Å². The van der Waals surface area contributed by atoms with E-state index in [-0.39, 0.29) is 35.6 Å². The topological polar surface area (TPSA) is 77.5 Å². The van der Waals surface area contributed by atoms with Gasteiger partial charge in [0.2, 0.25) is 5.76 Å². The number of halogens is 2. The van der Waals surface area contributed by atoms with Crippen molar-refractivity contribution in [3.63, 3.8) is 0 Å². The Morgan fingerprint density at radius 3 is 2.83 bits per heavy atom. The van der Waals surface area contributed by atoms with Gasteiger partial charge in [-0.15, -0.1) is 0 Å². The monoisotopic (exact) mass is 332 g/mol. The number of β-amino-alcohol motifs (C(OH)–C–C–N with tert-alkyl or cyclic N) is 1. The van der Waals surface area contributed by atoms with E-state index in [0.29, 0.717) is 0 Å². The van der Waals surface area contributed by atoms with Gasteiger partial charge >= 0.3 is 0 Å². The van der Waals surface area contributed by atoms with Gasteiger partial charge in [0.15, 0.2) is 0 Å². The number of nitrogens with zero attached hydrogens (tertiary/aromatic N) is 2. The zero-order chi connectivity index (χ0) is 17.4. The number of amides is 1. The second-order valence-corrected chi connectivity index (χ2v) is 5.72. The lowest BCUT2D eigenvalue weighted by molar-refractivity contribution is 0.0712. The molecule has 1 N–H and O–H groups in total. The molecule has 1 aliphatic heterocycles.